The predicted octanol–water partition coefficient (Wildman–Crippen LogP) is 2.28. The molecule has 1 rings (SSSR count). The molecule has 0 heterocycles. The van der Waals surface area contributed by atoms with E-state index in [1.807, 2.05) is 31.3 Å². The van der Waals surface area contributed by atoms with E-state index in [2.05, 4.69) is 5.32 Å². The average molecular weight is 228 g/mol. The molecule has 0 bridgehead atoms. The van der Waals surface area contributed by atoms with Crippen LogP contribution in [0.1, 0.15) is 5.56 Å². The van der Waals surface area contributed by atoms with Gasteiger partial charge in [0.1, 0.15) is 11.6 Å². The number of carbonyl (C=O) groups is 1. The Kier molecular flexibility index (Phi) is 4.52. The zero-order valence-corrected chi connectivity index (χ0v) is 9.34. The van der Waals surface area contributed by atoms with Gasteiger partial charge in [0.25, 0.3) is 0 Å². The van der Waals surface area contributed by atoms with Gasteiger partial charge in [-0.3, -0.25) is 0 Å². The Morgan fingerprint density at radius 2 is 2.06 bits per heavy atom. The molecule has 0 aliphatic carbocycles. The standard InChI is InChI=1S/C13H12N2O2/c1-15-12-7-5-10(6-8-12)3-2-4-11(9-14)13(16)17/h2-8,15H,1H3,(H,16,17)/b3-2+,11-4+. The monoisotopic (exact) mass is 228 g/mol. The predicted molar refractivity (Wildman–Crippen MR) is 66.4 cm³/mol. The first kappa shape index (κ1) is 12.5. The number of nitriles is 1. The molecule has 0 spiro atoms. The van der Waals surface area contributed by atoms with Crippen molar-refractivity contribution >= 4 is 17.7 Å². The van der Waals surface area contributed by atoms with Crippen molar-refractivity contribution in [2.45, 2.75) is 0 Å². The Morgan fingerprint density at radius 3 is 2.53 bits per heavy atom. The van der Waals surface area contributed by atoms with Gasteiger partial charge in [-0.2, -0.15) is 5.26 Å². The van der Waals surface area contributed by atoms with Gasteiger partial charge in [0.05, 0.1) is 0 Å². The fourth-order valence-electron chi connectivity index (χ4n) is 1.17. The summed E-state index contributed by atoms with van der Waals surface area (Å²) >= 11 is 0. The van der Waals surface area contributed by atoms with Crippen LogP contribution in [0, 0.1) is 11.3 Å². The Morgan fingerprint density at radius 1 is 1.41 bits per heavy atom. The van der Waals surface area contributed by atoms with Crippen LogP contribution in [0.4, 0.5) is 5.69 Å². The molecule has 4 nitrogen and oxygen atoms in total. The fraction of sp³-hybridized carbons (Fsp3) is 0.0769. The number of benzene rings is 1. The van der Waals surface area contributed by atoms with E-state index in [4.69, 9.17) is 10.4 Å². The second kappa shape index (κ2) is 6.13. The van der Waals surface area contributed by atoms with Crippen molar-refractivity contribution in [3.63, 3.8) is 0 Å². The van der Waals surface area contributed by atoms with Crippen molar-refractivity contribution in [1.29, 1.82) is 5.26 Å². The Labute approximate surface area is 99.5 Å². The molecule has 0 aromatic heterocycles. The van der Waals surface area contributed by atoms with Crippen LogP contribution in [0.25, 0.3) is 6.08 Å². The Balaban J connectivity index is 2.77. The van der Waals surface area contributed by atoms with E-state index in [1.165, 1.54) is 6.08 Å². The summed E-state index contributed by atoms with van der Waals surface area (Å²) in [5, 5.41) is 20.1. The number of allylic oxidation sites excluding steroid dienone is 2. The van der Waals surface area contributed by atoms with Crippen LogP contribution < -0.4 is 5.32 Å². The maximum absolute atomic E-state index is 10.5. The van der Waals surface area contributed by atoms with Gasteiger partial charge in [-0.15, -0.1) is 0 Å². The summed E-state index contributed by atoms with van der Waals surface area (Å²) in [6.07, 6.45) is 4.55. The number of carboxylic acid groups (broad SMARTS) is 1. The fourth-order valence-corrected chi connectivity index (χ4v) is 1.17. The first-order valence-corrected chi connectivity index (χ1v) is 4.97. The third-order valence-electron chi connectivity index (χ3n) is 2.10. The molecule has 86 valence electrons. The van der Waals surface area contributed by atoms with Crippen LogP contribution in [0.5, 0.6) is 0 Å². The van der Waals surface area contributed by atoms with Gasteiger partial charge in [-0.05, 0) is 23.8 Å². The molecule has 0 fully saturated rings. The van der Waals surface area contributed by atoms with Gasteiger partial charge in [0, 0.05) is 12.7 Å². The number of hydrogen-bond acceptors (Lipinski definition) is 3. The van der Waals surface area contributed by atoms with Gasteiger partial charge in [-0.25, -0.2) is 4.79 Å². The molecule has 1 aromatic rings. The minimum atomic E-state index is -1.22. The Hall–Kier alpha value is -2.54. The highest BCUT2D eigenvalue weighted by atomic mass is 16.4. The van der Waals surface area contributed by atoms with E-state index < -0.39 is 5.97 Å². The number of nitrogens with one attached hydrogen (secondary N) is 1. The van der Waals surface area contributed by atoms with E-state index in [1.54, 1.807) is 18.2 Å². The number of carboxylic acids is 1. The number of hydrogen-bond donors (Lipinski definition) is 2. The molecule has 2 N–H and O–H groups in total. The molecule has 0 radical (unpaired) electrons. The van der Waals surface area contributed by atoms with Crippen LogP contribution >= 0.6 is 0 Å². The van der Waals surface area contributed by atoms with Crippen LogP contribution in [-0.2, 0) is 4.79 Å². The maximum Gasteiger partial charge on any atom is 0.346 e. The van der Waals surface area contributed by atoms with E-state index in [0.29, 0.717) is 0 Å². The third kappa shape index (κ3) is 3.84. The van der Waals surface area contributed by atoms with Crippen molar-refractivity contribution in [3.05, 3.63) is 47.6 Å². The minimum Gasteiger partial charge on any atom is -0.477 e. The number of rotatable bonds is 4. The SMILES string of the molecule is CNc1ccc(/C=C/C=C(\C#N)C(=O)O)cc1. The summed E-state index contributed by atoms with van der Waals surface area (Å²) in [6, 6.07) is 9.21. The lowest BCUT2D eigenvalue weighted by Gasteiger charge is -1.98. The van der Waals surface area contributed by atoms with Gasteiger partial charge < -0.3 is 10.4 Å². The molecule has 0 amide bonds. The summed E-state index contributed by atoms with van der Waals surface area (Å²) < 4.78 is 0. The summed E-state index contributed by atoms with van der Waals surface area (Å²) in [5.74, 6) is -1.22. The summed E-state index contributed by atoms with van der Waals surface area (Å²) in [7, 11) is 1.83. The van der Waals surface area contributed by atoms with Gasteiger partial charge >= 0.3 is 5.97 Å². The lowest BCUT2D eigenvalue weighted by atomic mass is 10.2. The molecular formula is C13H12N2O2. The molecule has 0 aliphatic heterocycles. The molecule has 0 aliphatic rings. The normalized spacial score (nSPS) is 11.2. The number of aliphatic carboxylic acids is 1. The second-order valence-corrected chi connectivity index (χ2v) is 3.23. The van der Waals surface area contributed by atoms with Gasteiger partial charge in [0.15, 0.2) is 0 Å². The quantitative estimate of drug-likeness (QED) is 0.471. The van der Waals surface area contributed by atoms with E-state index in [0.717, 1.165) is 11.3 Å². The van der Waals surface area contributed by atoms with Crippen molar-refractivity contribution in [2.75, 3.05) is 12.4 Å². The van der Waals surface area contributed by atoms with E-state index in [-0.39, 0.29) is 5.57 Å². The average Bonchev–Trinajstić information content (AvgIpc) is 2.35. The number of anilines is 1. The van der Waals surface area contributed by atoms with Crippen LogP contribution in [0.3, 0.4) is 0 Å². The smallest absolute Gasteiger partial charge is 0.346 e. The highest BCUT2D eigenvalue weighted by Crippen LogP contribution is 2.10. The van der Waals surface area contributed by atoms with Crippen LogP contribution in [-0.4, -0.2) is 18.1 Å². The molecular weight excluding hydrogens is 216 g/mol. The van der Waals surface area contributed by atoms with Crippen LogP contribution in [0.2, 0.25) is 0 Å². The molecule has 0 atom stereocenters. The van der Waals surface area contributed by atoms with E-state index in [9.17, 15) is 4.79 Å². The zero-order chi connectivity index (χ0) is 12.7. The summed E-state index contributed by atoms with van der Waals surface area (Å²) in [6.45, 7) is 0. The van der Waals surface area contributed by atoms with Crippen molar-refractivity contribution in [3.8, 4) is 6.07 Å². The largest absolute Gasteiger partial charge is 0.477 e. The summed E-state index contributed by atoms with van der Waals surface area (Å²) in [5.41, 5.74) is 1.65. The molecule has 17 heavy (non-hydrogen) atoms. The van der Waals surface area contributed by atoms with Gasteiger partial charge in [-0.1, -0.05) is 24.3 Å². The maximum atomic E-state index is 10.5. The highest BCUT2D eigenvalue weighted by molar-refractivity contribution is 5.91. The summed E-state index contributed by atoms with van der Waals surface area (Å²) in [4.78, 5) is 10.5. The molecule has 0 saturated heterocycles. The van der Waals surface area contributed by atoms with Crippen LogP contribution in [0.15, 0.2) is 42.0 Å². The van der Waals surface area contributed by atoms with Crippen molar-refractivity contribution < 1.29 is 9.90 Å². The number of nitrogens with zero attached hydrogens (tertiary/aromatic N) is 1. The first-order chi connectivity index (χ1) is 8.17. The molecule has 1 aromatic carbocycles. The van der Waals surface area contributed by atoms with Crippen molar-refractivity contribution in [2.24, 2.45) is 0 Å². The molecule has 0 saturated carbocycles. The topological polar surface area (TPSA) is 73.1 Å². The third-order valence-corrected chi connectivity index (χ3v) is 2.10. The highest BCUT2D eigenvalue weighted by Gasteiger charge is 2.02. The lowest BCUT2D eigenvalue weighted by Crippen LogP contribution is -1.96. The van der Waals surface area contributed by atoms with E-state index >= 15 is 0 Å². The van der Waals surface area contributed by atoms with Gasteiger partial charge in [0.2, 0.25) is 0 Å². The minimum absolute atomic E-state index is 0.284. The molecule has 0 unspecified atom stereocenters. The zero-order valence-electron chi connectivity index (χ0n) is 9.34. The first-order valence-electron chi connectivity index (χ1n) is 4.97. The second-order valence-electron chi connectivity index (χ2n) is 3.23. The van der Waals surface area contributed by atoms with Crippen molar-refractivity contribution in [1.82, 2.24) is 0 Å². The Bertz CT molecular complexity index is 493. The molecule has 4 heteroatoms. The lowest BCUT2D eigenvalue weighted by molar-refractivity contribution is -0.132.